The number of carbonyl (C=O) groups excluding carboxylic acids is 2. The van der Waals surface area contributed by atoms with Gasteiger partial charge in [0.1, 0.15) is 18.0 Å². The summed E-state index contributed by atoms with van der Waals surface area (Å²) < 4.78 is 8.20. The first kappa shape index (κ1) is 27.0. The molecule has 8 heteroatoms. The number of piperidine rings is 2. The molecule has 2 N–H and O–H groups in total. The van der Waals surface area contributed by atoms with Crippen LogP contribution in [-0.2, 0) is 16.0 Å². The van der Waals surface area contributed by atoms with E-state index in [0.717, 1.165) is 60.6 Å². The van der Waals surface area contributed by atoms with Gasteiger partial charge in [-0.05, 0) is 80.1 Å². The summed E-state index contributed by atoms with van der Waals surface area (Å²) in [5.74, 6) is 1.72. The number of hydrogen-bond acceptors (Lipinski definition) is 5. The van der Waals surface area contributed by atoms with E-state index in [-0.39, 0.29) is 12.0 Å². The average molecular weight is 566 g/mol. The predicted octanol–water partition coefficient (Wildman–Crippen LogP) is 5.32. The Kier molecular flexibility index (Phi) is 7.55. The van der Waals surface area contributed by atoms with E-state index in [1.807, 2.05) is 17.0 Å². The molecule has 1 saturated carbocycles. The number of hydrogen-bond donors (Lipinski definition) is 2. The number of ether oxygens (including phenoxy) is 1. The van der Waals surface area contributed by atoms with Crippen LogP contribution in [0.25, 0.3) is 21.8 Å². The van der Waals surface area contributed by atoms with E-state index < -0.39 is 12.1 Å². The highest BCUT2D eigenvalue weighted by Crippen LogP contribution is 2.43. The Labute approximate surface area is 246 Å². The molecule has 2 aliphatic heterocycles. The molecule has 0 spiro atoms. The van der Waals surface area contributed by atoms with Gasteiger partial charge in [-0.1, -0.05) is 54.6 Å². The summed E-state index contributed by atoms with van der Waals surface area (Å²) >= 11 is 0. The van der Waals surface area contributed by atoms with E-state index in [4.69, 9.17) is 9.72 Å². The maximum absolute atomic E-state index is 14.0. The van der Waals surface area contributed by atoms with Gasteiger partial charge in [0.05, 0.1) is 11.0 Å². The van der Waals surface area contributed by atoms with Crippen LogP contribution in [0.5, 0.6) is 0 Å². The van der Waals surface area contributed by atoms with Crippen LogP contribution >= 0.6 is 0 Å². The van der Waals surface area contributed by atoms with Crippen LogP contribution in [0.15, 0.2) is 66.7 Å². The fraction of sp³-hybridized carbons (Fsp3) is 0.441. The summed E-state index contributed by atoms with van der Waals surface area (Å²) in [5, 5.41) is 8.54. The molecule has 1 aliphatic carbocycles. The molecule has 3 heterocycles. The topological polar surface area (TPSA) is 88.5 Å². The molecule has 8 nitrogen and oxygen atoms in total. The molecule has 0 unspecified atom stereocenters. The van der Waals surface area contributed by atoms with Crippen LogP contribution < -0.4 is 10.6 Å². The van der Waals surface area contributed by atoms with E-state index in [9.17, 15) is 9.59 Å². The summed E-state index contributed by atoms with van der Waals surface area (Å²) in [6, 6.07) is 22.5. The first-order chi connectivity index (χ1) is 20.6. The second-order valence-corrected chi connectivity index (χ2v) is 12.1. The molecule has 42 heavy (non-hydrogen) atoms. The number of alkyl carbamates (subject to hydrolysis) is 1. The Morgan fingerprint density at radius 2 is 1.64 bits per heavy atom. The van der Waals surface area contributed by atoms with Crippen molar-refractivity contribution >= 4 is 33.8 Å². The maximum atomic E-state index is 14.0. The normalized spacial score (nSPS) is 19.2. The Balaban J connectivity index is 1.07. The molecule has 7 rings (SSSR count). The smallest absolute Gasteiger partial charge is 0.408 e. The van der Waals surface area contributed by atoms with E-state index in [1.54, 1.807) is 0 Å². The lowest BCUT2D eigenvalue weighted by Gasteiger charge is -2.36. The summed E-state index contributed by atoms with van der Waals surface area (Å²) in [6.45, 7) is 2.97. The van der Waals surface area contributed by atoms with Crippen LogP contribution in [0.3, 0.4) is 0 Å². The summed E-state index contributed by atoms with van der Waals surface area (Å²) in [4.78, 5) is 34.0. The van der Waals surface area contributed by atoms with E-state index in [1.165, 1.54) is 24.2 Å². The number of para-hydroxylation sites is 2. The Morgan fingerprint density at radius 1 is 0.905 bits per heavy atom. The van der Waals surface area contributed by atoms with Crippen molar-refractivity contribution in [3.05, 3.63) is 78.1 Å². The molecule has 2 saturated heterocycles. The fourth-order valence-corrected chi connectivity index (χ4v) is 6.68. The third-order valence-electron chi connectivity index (χ3n) is 9.11. The van der Waals surface area contributed by atoms with Gasteiger partial charge in [0.15, 0.2) is 0 Å². The number of nitrogens with one attached hydrogen (secondary N) is 2. The zero-order chi connectivity index (χ0) is 28.5. The molecule has 3 aliphatic rings. The van der Waals surface area contributed by atoms with Gasteiger partial charge >= 0.3 is 6.09 Å². The van der Waals surface area contributed by atoms with Gasteiger partial charge in [0.2, 0.25) is 5.91 Å². The molecule has 218 valence electrons. The van der Waals surface area contributed by atoms with Gasteiger partial charge in [-0.2, -0.15) is 0 Å². The summed E-state index contributed by atoms with van der Waals surface area (Å²) in [6.07, 6.45) is 5.52. The van der Waals surface area contributed by atoms with E-state index in [0.29, 0.717) is 31.5 Å². The molecule has 3 fully saturated rings. The zero-order valence-electron chi connectivity index (χ0n) is 24.0. The van der Waals surface area contributed by atoms with Crippen LogP contribution in [0.4, 0.5) is 4.79 Å². The molecule has 1 aromatic heterocycles. The maximum Gasteiger partial charge on any atom is 0.408 e. The minimum Gasteiger partial charge on any atom is -0.446 e. The lowest BCUT2D eigenvalue weighted by atomic mass is 9.99. The first-order valence-corrected chi connectivity index (χ1v) is 15.5. The first-order valence-electron chi connectivity index (χ1n) is 15.5. The number of nitrogens with zero attached hydrogens (tertiary/aromatic N) is 3. The highest BCUT2D eigenvalue weighted by Gasteiger charge is 2.35. The van der Waals surface area contributed by atoms with Gasteiger partial charge in [-0.25, -0.2) is 9.78 Å². The van der Waals surface area contributed by atoms with Crippen molar-refractivity contribution in [2.75, 3.05) is 26.2 Å². The van der Waals surface area contributed by atoms with Gasteiger partial charge < -0.3 is 24.8 Å². The average Bonchev–Trinajstić information content (AvgIpc) is 3.80. The third-order valence-corrected chi connectivity index (χ3v) is 9.11. The van der Waals surface area contributed by atoms with Gasteiger partial charge in [-0.3, -0.25) is 4.79 Å². The molecule has 2 amide bonds. The largest absolute Gasteiger partial charge is 0.446 e. The van der Waals surface area contributed by atoms with Gasteiger partial charge in [0.25, 0.3) is 0 Å². The SMILES string of the molecule is O=C(N[C@H](Cc1ccc2ccccc2c1)C(=O)N1CCC(n2c(C3CC3)nc3ccccc32)CC1)OC1CCNCC1. The number of aromatic nitrogens is 2. The molecule has 1 atom stereocenters. The minimum absolute atomic E-state index is 0.0400. The van der Waals surface area contributed by atoms with E-state index in [2.05, 4.69) is 69.8 Å². The minimum atomic E-state index is -0.687. The van der Waals surface area contributed by atoms with E-state index >= 15 is 0 Å². The number of likely N-dealkylation sites (tertiary alicyclic amines) is 1. The van der Waals surface area contributed by atoms with Crippen molar-refractivity contribution in [3.63, 3.8) is 0 Å². The second-order valence-electron chi connectivity index (χ2n) is 12.1. The molecule has 4 aromatic rings. The van der Waals surface area contributed by atoms with Crippen molar-refractivity contribution in [2.24, 2.45) is 0 Å². The fourth-order valence-electron chi connectivity index (χ4n) is 6.68. The lowest BCUT2D eigenvalue weighted by Crippen LogP contribution is -2.52. The summed E-state index contributed by atoms with van der Waals surface area (Å²) in [5.41, 5.74) is 3.27. The Morgan fingerprint density at radius 3 is 2.43 bits per heavy atom. The Hall–Kier alpha value is -3.91. The third kappa shape index (κ3) is 5.73. The number of imidazole rings is 1. The quantitative estimate of drug-likeness (QED) is 0.317. The standard InChI is InChI=1S/C34H39N5O3/c40-33(38-19-15-27(16-20-38)39-31-8-4-3-7-29(31)36-32(39)25-11-12-25)30(37-34(41)42-28-13-17-35-18-14-28)22-23-9-10-24-5-1-2-6-26(24)21-23/h1-10,21,25,27-28,30,35H,11-20,22H2,(H,37,41)/t30-/m1/s1. The second kappa shape index (κ2) is 11.8. The lowest BCUT2D eigenvalue weighted by molar-refractivity contribution is -0.134. The monoisotopic (exact) mass is 565 g/mol. The summed E-state index contributed by atoms with van der Waals surface area (Å²) in [7, 11) is 0. The highest BCUT2D eigenvalue weighted by atomic mass is 16.6. The molecular formula is C34H39N5O3. The molecule has 3 aromatic carbocycles. The van der Waals surface area contributed by atoms with Crippen molar-refractivity contribution in [3.8, 4) is 0 Å². The Bertz CT molecular complexity index is 1580. The van der Waals surface area contributed by atoms with Crippen molar-refractivity contribution < 1.29 is 14.3 Å². The number of amides is 2. The van der Waals surface area contributed by atoms with Gasteiger partial charge in [-0.15, -0.1) is 0 Å². The zero-order valence-corrected chi connectivity index (χ0v) is 24.0. The molecule has 0 radical (unpaired) electrons. The number of carbonyl (C=O) groups is 2. The number of rotatable bonds is 7. The van der Waals surface area contributed by atoms with Crippen molar-refractivity contribution in [1.29, 1.82) is 0 Å². The van der Waals surface area contributed by atoms with Crippen LogP contribution in [0.2, 0.25) is 0 Å². The predicted molar refractivity (Wildman–Crippen MR) is 164 cm³/mol. The van der Waals surface area contributed by atoms with Crippen LogP contribution in [-0.4, -0.2) is 64.8 Å². The number of benzene rings is 3. The van der Waals surface area contributed by atoms with Crippen molar-refractivity contribution in [2.45, 2.75) is 69.1 Å². The van der Waals surface area contributed by atoms with Crippen LogP contribution in [0.1, 0.15) is 61.9 Å². The molecule has 0 bridgehead atoms. The van der Waals surface area contributed by atoms with Crippen molar-refractivity contribution in [1.82, 2.24) is 25.1 Å². The van der Waals surface area contributed by atoms with Crippen LogP contribution in [0, 0.1) is 0 Å². The highest BCUT2D eigenvalue weighted by molar-refractivity contribution is 5.87. The molecular weight excluding hydrogens is 526 g/mol. The number of fused-ring (bicyclic) bond motifs is 2. The van der Waals surface area contributed by atoms with Gasteiger partial charge in [0, 0.05) is 31.5 Å².